The molecule has 1 aliphatic heterocycles. The Labute approximate surface area is 157 Å². The van der Waals surface area contributed by atoms with E-state index in [-0.39, 0.29) is 42.0 Å². The monoisotopic (exact) mass is 370 g/mol. The van der Waals surface area contributed by atoms with Crippen LogP contribution in [-0.4, -0.2) is 37.3 Å². The van der Waals surface area contributed by atoms with E-state index in [9.17, 15) is 4.79 Å². The first-order valence-corrected chi connectivity index (χ1v) is 8.69. The molecule has 1 aromatic carbocycles. The van der Waals surface area contributed by atoms with Crippen molar-refractivity contribution in [1.82, 2.24) is 5.32 Å². The van der Waals surface area contributed by atoms with Crippen molar-refractivity contribution in [3.05, 3.63) is 29.8 Å². The third-order valence-electron chi connectivity index (χ3n) is 4.27. The lowest BCUT2D eigenvalue weighted by molar-refractivity contribution is -0.132. The van der Waals surface area contributed by atoms with Crippen LogP contribution >= 0.6 is 12.4 Å². The van der Waals surface area contributed by atoms with Crippen LogP contribution in [-0.2, 0) is 14.9 Å². The van der Waals surface area contributed by atoms with E-state index in [0.717, 1.165) is 18.6 Å². The van der Waals surface area contributed by atoms with Gasteiger partial charge < -0.3 is 20.5 Å². The Bertz CT molecular complexity index is 543. The fraction of sp³-hybridized carbons (Fsp3) is 0.632. The predicted octanol–water partition coefficient (Wildman–Crippen LogP) is 2.80. The summed E-state index contributed by atoms with van der Waals surface area (Å²) in [6, 6.07) is 8.03. The molecule has 142 valence electrons. The number of carbonyl (C=O) groups excluding carboxylic acids is 1. The lowest BCUT2D eigenvalue weighted by Gasteiger charge is -2.20. The van der Waals surface area contributed by atoms with Gasteiger partial charge in [-0.15, -0.1) is 12.4 Å². The van der Waals surface area contributed by atoms with Gasteiger partial charge in [0.05, 0.1) is 12.1 Å². The number of rotatable bonds is 6. The number of nitrogens with two attached hydrogens (primary N) is 1. The number of carbonyl (C=O) groups is 1. The first-order chi connectivity index (χ1) is 11.3. The minimum atomic E-state index is -0.382. The SMILES string of the molecule is CC(COc1ccc(C(C)(C)C)cc1)NC(=O)[C@@H]1CC[C@H](CN)O1.Cl. The summed E-state index contributed by atoms with van der Waals surface area (Å²) in [5.41, 5.74) is 6.97. The number of halogens is 1. The Balaban J connectivity index is 0.00000312. The highest BCUT2D eigenvalue weighted by molar-refractivity contribution is 5.85. The second-order valence-corrected chi connectivity index (χ2v) is 7.55. The molecule has 5 nitrogen and oxygen atoms in total. The average molecular weight is 371 g/mol. The molecule has 1 heterocycles. The maximum Gasteiger partial charge on any atom is 0.249 e. The van der Waals surface area contributed by atoms with Gasteiger partial charge in [-0.1, -0.05) is 32.9 Å². The third-order valence-corrected chi connectivity index (χ3v) is 4.27. The van der Waals surface area contributed by atoms with Gasteiger partial charge in [-0.3, -0.25) is 4.79 Å². The zero-order valence-electron chi connectivity index (χ0n) is 15.6. The number of amides is 1. The summed E-state index contributed by atoms with van der Waals surface area (Å²) in [5.74, 6) is 0.731. The van der Waals surface area contributed by atoms with Crippen LogP contribution in [0.4, 0.5) is 0 Å². The molecule has 2 rings (SSSR count). The summed E-state index contributed by atoms with van der Waals surface area (Å²) >= 11 is 0. The van der Waals surface area contributed by atoms with Crippen LogP contribution in [0.2, 0.25) is 0 Å². The van der Waals surface area contributed by atoms with Crippen molar-refractivity contribution in [3.63, 3.8) is 0 Å². The van der Waals surface area contributed by atoms with Gasteiger partial charge >= 0.3 is 0 Å². The van der Waals surface area contributed by atoms with E-state index in [1.807, 2.05) is 19.1 Å². The van der Waals surface area contributed by atoms with Crippen LogP contribution in [0, 0.1) is 0 Å². The molecule has 0 spiro atoms. The molecule has 1 saturated heterocycles. The Hall–Kier alpha value is -1.30. The molecule has 25 heavy (non-hydrogen) atoms. The molecule has 1 aromatic rings. The molecular formula is C19H31ClN2O3. The summed E-state index contributed by atoms with van der Waals surface area (Å²) in [5, 5.41) is 2.94. The average Bonchev–Trinajstić information content (AvgIpc) is 3.01. The van der Waals surface area contributed by atoms with Gasteiger partial charge in [0.25, 0.3) is 0 Å². The van der Waals surface area contributed by atoms with Crippen LogP contribution in [0.25, 0.3) is 0 Å². The van der Waals surface area contributed by atoms with Crippen molar-refractivity contribution in [3.8, 4) is 5.75 Å². The van der Waals surface area contributed by atoms with Crippen molar-refractivity contribution in [2.45, 2.75) is 64.2 Å². The van der Waals surface area contributed by atoms with Gasteiger partial charge in [0.1, 0.15) is 18.5 Å². The molecule has 1 amide bonds. The standard InChI is InChI=1S/C19H30N2O3.ClH/c1-13(21-18(22)17-10-9-16(11-20)24-17)12-23-15-7-5-14(6-8-15)19(2,3)4;/h5-8,13,16-17H,9-12,20H2,1-4H3,(H,21,22);1H/t13?,16-,17+;/m1./s1. The molecule has 1 unspecified atom stereocenters. The Morgan fingerprint density at radius 1 is 1.32 bits per heavy atom. The summed E-state index contributed by atoms with van der Waals surface area (Å²) in [4.78, 5) is 12.2. The van der Waals surface area contributed by atoms with Crippen molar-refractivity contribution >= 4 is 18.3 Å². The normalized spacial score (nSPS) is 21.3. The molecule has 3 atom stereocenters. The number of hydrogen-bond donors (Lipinski definition) is 2. The first-order valence-electron chi connectivity index (χ1n) is 8.69. The molecule has 3 N–H and O–H groups in total. The fourth-order valence-corrected chi connectivity index (χ4v) is 2.72. The number of hydrogen-bond acceptors (Lipinski definition) is 4. The summed E-state index contributed by atoms with van der Waals surface area (Å²) < 4.78 is 11.4. The number of ether oxygens (including phenoxy) is 2. The molecule has 0 saturated carbocycles. The molecule has 1 fully saturated rings. The lowest BCUT2D eigenvalue weighted by atomic mass is 9.87. The van der Waals surface area contributed by atoms with Gasteiger partial charge in [0.15, 0.2) is 0 Å². The molecule has 0 aliphatic carbocycles. The zero-order valence-corrected chi connectivity index (χ0v) is 16.4. The summed E-state index contributed by atoms with van der Waals surface area (Å²) in [6.45, 7) is 9.36. The van der Waals surface area contributed by atoms with Gasteiger partial charge in [-0.05, 0) is 42.9 Å². The molecule has 0 aromatic heterocycles. The van der Waals surface area contributed by atoms with Crippen LogP contribution in [0.1, 0.15) is 46.1 Å². The summed E-state index contributed by atoms with van der Waals surface area (Å²) in [7, 11) is 0. The van der Waals surface area contributed by atoms with Crippen LogP contribution in [0.5, 0.6) is 5.75 Å². The molecular weight excluding hydrogens is 340 g/mol. The van der Waals surface area contributed by atoms with E-state index < -0.39 is 0 Å². The number of nitrogens with one attached hydrogen (secondary N) is 1. The second kappa shape index (κ2) is 9.41. The van der Waals surface area contributed by atoms with E-state index in [0.29, 0.717) is 13.2 Å². The highest BCUT2D eigenvalue weighted by Gasteiger charge is 2.30. The minimum absolute atomic E-state index is 0. The van der Waals surface area contributed by atoms with Crippen molar-refractivity contribution in [1.29, 1.82) is 0 Å². The predicted molar refractivity (Wildman–Crippen MR) is 102 cm³/mol. The van der Waals surface area contributed by atoms with E-state index in [1.54, 1.807) is 0 Å². The number of benzene rings is 1. The maximum atomic E-state index is 12.2. The zero-order chi connectivity index (χ0) is 17.7. The summed E-state index contributed by atoms with van der Waals surface area (Å²) in [6.07, 6.45) is 1.20. The van der Waals surface area contributed by atoms with Gasteiger partial charge in [-0.2, -0.15) is 0 Å². The van der Waals surface area contributed by atoms with E-state index in [1.165, 1.54) is 5.56 Å². The quantitative estimate of drug-likeness (QED) is 0.807. The van der Waals surface area contributed by atoms with Crippen molar-refractivity contribution in [2.24, 2.45) is 5.73 Å². The van der Waals surface area contributed by atoms with Crippen LogP contribution < -0.4 is 15.8 Å². The van der Waals surface area contributed by atoms with E-state index in [2.05, 4.69) is 38.2 Å². The topological polar surface area (TPSA) is 73.6 Å². The van der Waals surface area contributed by atoms with E-state index >= 15 is 0 Å². The van der Waals surface area contributed by atoms with Crippen molar-refractivity contribution in [2.75, 3.05) is 13.2 Å². The smallest absolute Gasteiger partial charge is 0.249 e. The largest absolute Gasteiger partial charge is 0.491 e. The Morgan fingerprint density at radius 2 is 1.96 bits per heavy atom. The molecule has 6 heteroatoms. The highest BCUT2D eigenvalue weighted by Crippen LogP contribution is 2.24. The maximum absolute atomic E-state index is 12.2. The molecule has 1 aliphatic rings. The van der Waals surface area contributed by atoms with Gasteiger partial charge in [0.2, 0.25) is 5.91 Å². The van der Waals surface area contributed by atoms with Crippen LogP contribution in [0.3, 0.4) is 0 Å². The second-order valence-electron chi connectivity index (χ2n) is 7.55. The Morgan fingerprint density at radius 3 is 2.48 bits per heavy atom. The molecule has 0 radical (unpaired) electrons. The molecule has 0 bridgehead atoms. The highest BCUT2D eigenvalue weighted by atomic mass is 35.5. The Kier molecular flexibility index (Phi) is 8.19. The van der Waals surface area contributed by atoms with E-state index in [4.69, 9.17) is 15.2 Å². The van der Waals surface area contributed by atoms with Crippen LogP contribution in [0.15, 0.2) is 24.3 Å². The van der Waals surface area contributed by atoms with Gasteiger partial charge in [-0.25, -0.2) is 0 Å². The minimum Gasteiger partial charge on any atom is -0.491 e. The first kappa shape index (κ1) is 21.7. The van der Waals surface area contributed by atoms with Gasteiger partial charge in [0, 0.05) is 6.54 Å². The third kappa shape index (κ3) is 6.49. The fourth-order valence-electron chi connectivity index (χ4n) is 2.72. The van der Waals surface area contributed by atoms with Crippen molar-refractivity contribution < 1.29 is 14.3 Å². The lowest BCUT2D eigenvalue weighted by Crippen LogP contribution is -2.43.